The SMILES string of the molecule is Cc1ccccc1C(O)CN1C(=O)CCC1=O. The van der Waals surface area contributed by atoms with E-state index in [0.717, 1.165) is 16.0 Å². The standard InChI is InChI=1S/C13H15NO3/c1-9-4-2-3-5-10(9)11(15)8-14-12(16)6-7-13(14)17/h2-5,11,15H,6-8H2,1H3. The van der Waals surface area contributed by atoms with Crippen molar-refractivity contribution in [1.82, 2.24) is 4.90 Å². The van der Waals surface area contributed by atoms with Crippen LogP contribution in [0.5, 0.6) is 0 Å². The van der Waals surface area contributed by atoms with Crippen molar-refractivity contribution >= 4 is 11.8 Å². The Morgan fingerprint density at radius 1 is 1.24 bits per heavy atom. The molecule has 90 valence electrons. The number of carbonyl (C=O) groups excluding carboxylic acids is 2. The van der Waals surface area contributed by atoms with Gasteiger partial charge in [-0.3, -0.25) is 14.5 Å². The zero-order valence-corrected chi connectivity index (χ0v) is 9.72. The molecule has 1 heterocycles. The summed E-state index contributed by atoms with van der Waals surface area (Å²) in [5.74, 6) is -0.384. The molecule has 0 aliphatic carbocycles. The first-order valence-electron chi connectivity index (χ1n) is 5.66. The van der Waals surface area contributed by atoms with Gasteiger partial charge in [0.2, 0.25) is 11.8 Å². The number of β-amino-alcohol motifs (C(OH)–C–C–N with tert-alkyl or cyclic N) is 1. The Kier molecular flexibility index (Phi) is 3.24. The molecule has 1 atom stereocenters. The summed E-state index contributed by atoms with van der Waals surface area (Å²) in [5.41, 5.74) is 1.72. The number of likely N-dealkylation sites (tertiary alicyclic amines) is 1. The molecular formula is C13H15NO3. The van der Waals surface area contributed by atoms with Gasteiger partial charge in [-0.1, -0.05) is 24.3 Å². The van der Waals surface area contributed by atoms with Crippen LogP contribution in [0.1, 0.15) is 30.1 Å². The van der Waals surface area contributed by atoms with Crippen molar-refractivity contribution < 1.29 is 14.7 Å². The number of carbonyl (C=O) groups is 2. The molecule has 1 aromatic rings. The second-order valence-corrected chi connectivity index (χ2v) is 4.27. The van der Waals surface area contributed by atoms with Crippen LogP contribution in [0.4, 0.5) is 0 Å². The van der Waals surface area contributed by atoms with Crippen LogP contribution >= 0.6 is 0 Å². The zero-order valence-electron chi connectivity index (χ0n) is 9.72. The van der Waals surface area contributed by atoms with Gasteiger partial charge < -0.3 is 5.11 Å². The lowest BCUT2D eigenvalue weighted by atomic mass is 10.0. The number of benzene rings is 1. The Balaban J connectivity index is 2.12. The molecule has 17 heavy (non-hydrogen) atoms. The third kappa shape index (κ3) is 2.36. The minimum atomic E-state index is -0.804. The lowest BCUT2D eigenvalue weighted by molar-refractivity contribution is -0.140. The number of aliphatic hydroxyl groups excluding tert-OH is 1. The number of rotatable bonds is 3. The van der Waals surface area contributed by atoms with Gasteiger partial charge in [-0.15, -0.1) is 0 Å². The largest absolute Gasteiger partial charge is 0.387 e. The van der Waals surface area contributed by atoms with Crippen molar-refractivity contribution in [2.45, 2.75) is 25.9 Å². The first-order valence-corrected chi connectivity index (χ1v) is 5.66. The van der Waals surface area contributed by atoms with Crippen LogP contribution in [0, 0.1) is 6.92 Å². The van der Waals surface area contributed by atoms with Crippen LogP contribution in [-0.2, 0) is 9.59 Å². The molecule has 1 saturated heterocycles. The number of aryl methyl sites for hydroxylation is 1. The Morgan fingerprint density at radius 2 is 1.82 bits per heavy atom. The maximum atomic E-state index is 11.4. The van der Waals surface area contributed by atoms with Gasteiger partial charge in [0, 0.05) is 12.8 Å². The summed E-state index contributed by atoms with van der Waals surface area (Å²) in [6, 6.07) is 7.42. The molecule has 2 amide bonds. The minimum absolute atomic E-state index is 0.0581. The molecule has 0 saturated carbocycles. The molecule has 1 aliphatic heterocycles. The maximum absolute atomic E-state index is 11.4. The van der Waals surface area contributed by atoms with E-state index in [1.165, 1.54) is 0 Å². The van der Waals surface area contributed by atoms with E-state index >= 15 is 0 Å². The van der Waals surface area contributed by atoms with E-state index in [0.29, 0.717) is 0 Å². The molecule has 1 fully saturated rings. The molecule has 1 aliphatic rings. The highest BCUT2D eigenvalue weighted by atomic mass is 16.3. The quantitative estimate of drug-likeness (QED) is 0.797. The van der Waals surface area contributed by atoms with Crippen molar-refractivity contribution in [3.63, 3.8) is 0 Å². The van der Waals surface area contributed by atoms with Crippen molar-refractivity contribution in [3.05, 3.63) is 35.4 Å². The van der Waals surface area contributed by atoms with E-state index < -0.39 is 6.10 Å². The van der Waals surface area contributed by atoms with Gasteiger partial charge in [-0.2, -0.15) is 0 Å². The third-order valence-electron chi connectivity index (χ3n) is 3.06. The van der Waals surface area contributed by atoms with Crippen molar-refractivity contribution in [1.29, 1.82) is 0 Å². The fourth-order valence-corrected chi connectivity index (χ4v) is 2.06. The summed E-state index contributed by atoms with van der Waals surface area (Å²) in [6.45, 7) is 1.95. The summed E-state index contributed by atoms with van der Waals surface area (Å²) in [5, 5.41) is 10.1. The Labute approximate surface area is 99.9 Å². The van der Waals surface area contributed by atoms with Gasteiger partial charge in [0.15, 0.2) is 0 Å². The van der Waals surface area contributed by atoms with Crippen molar-refractivity contribution in [3.8, 4) is 0 Å². The van der Waals surface area contributed by atoms with Crippen LogP contribution in [0.3, 0.4) is 0 Å². The molecule has 1 N–H and O–H groups in total. The predicted octanol–water partition coefficient (Wildman–Crippen LogP) is 1.18. The second kappa shape index (κ2) is 4.67. The maximum Gasteiger partial charge on any atom is 0.229 e. The van der Waals surface area contributed by atoms with Gasteiger partial charge in [-0.25, -0.2) is 0 Å². The van der Waals surface area contributed by atoms with Crippen LogP contribution in [0.2, 0.25) is 0 Å². The number of nitrogens with zero attached hydrogens (tertiary/aromatic N) is 1. The van der Waals surface area contributed by atoms with Crippen LogP contribution in [-0.4, -0.2) is 28.4 Å². The van der Waals surface area contributed by atoms with Gasteiger partial charge in [0.05, 0.1) is 12.6 Å². The average Bonchev–Trinajstić information content (AvgIpc) is 2.61. The van der Waals surface area contributed by atoms with Gasteiger partial charge in [0.25, 0.3) is 0 Å². The number of amides is 2. The van der Waals surface area contributed by atoms with E-state index in [2.05, 4.69) is 0 Å². The molecule has 0 aromatic heterocycles. The summed E-state index contributed by atoms with van der Waals surface area (Å²) in [6.07, 6.45) is -0.277. The third-order valence-corrected chi connectivity index (χ3v) is 3.06. The number of aliphatic hydroxyl groups is 1. The van der Waals surface area contributed by atoms with E-state index in [1.54, 1.807) is 0 Å². The monoisotopic (exact) mass is 233 g/mol. The van der Waals surface area contributed by atoms with Gasteiger partial charge >= 0.3 is 0 Å². The molecule has 0 radical (unpaired) electrons. The van der Waals surface area contributed by atoms with E-state index in [4.69, 9.17) is 0 Å². The average molecular weight is 233 g/mol. The van der Waals surface area contributed by atoms with E-state index in [-0.39, 0.29) is 31.2 Å². The fraction of sp³-hybridized carbons (Fsp3) is 0.385. The lowest BCUT2D eigenvalue weighted by Gasteiger charge is -2.19. The highest BCUT2D eigenvalue weighted by Crippen LogP contribution is 2.21. The molecule has 4 nitrogen and oxygen atoms in total. The van der Waals surface area contributed by atoms with Gasteiger partial charge in [-0.05, 0) is 18.1 Å². The Morgan fingerprint density at radius 3 is 2.41 bits per heavy atom. The summed E-state index contributed by atoms with van der Waals surface area (Å²) in [4.78, 5) is 24.0. The summed E-state index contributed by atoms with van der Waals surface area (Å²) < 4.78 is 0. The molecule has 1 unspecified atom stereocenters. The van der Waals surface area contributed by atoms with E-state index in [9.17, 15) is 14.7 Å². The molecule has 0 spiro atoms. The minimum Gasteiger partial charge on any atom is -0.387 e. The van der Waals surface area contributed by atoms with E-state index in [1.807, 2.05) is 31.2 Å². The number of hydrogen-bond donors (Lipinski definition) is 1. The van der Waals surface area contributed by atoms with Crippen molar-refractivity contribution in [2.75, 3.05) is 6.54 Å². The molecule has 2 rings (SSSR count). The van der Waals surface area contributed by atoms with Crippen LogP contribution in [0.25, 0.3) is 0 Å². The summed E-state index contributed by atoms with van der Waals surface area (Å²) in [7, 11) is 0. The number of imide groups is 1. The first kappa shape index (κ1) is 11.8. The fourth-order valence-electron chi connectivity index (χ4n) is 2.06. The summed E-state index contributed by atoms with van der Waals surface area (Å²) >= 11 is 0. The van der Waals surface area contributed by atoms with Crippen LogP contribution in [0.15, 0.2) is 24.3 Å². The Bertz CT molecular complexity index is 440. The zero-order chi connectivity index (χ0) is 12.4. The molecule has 1 aromatic carbocycles. The predicted molar refractivity (Wildman–Crippen MR) is 62.1 cm³/mol. The lowest BCUT2D eigenvalue weighted by Crippen LogP contribution is -2.33. The molecular weight excluding hydrogens is 218 g/mol. The first-order chi connectivity index (χ1) is 8.09. The smallest absolute Gasteiger partial charge is 0.229 e. The molecule has 4 heteroatoms. The highest BCUT2D eigenvalue weighted by Gasteiger charge is 2.30. The normalized spacial score (nSPS) is 17.6. The topological polar surface area (TPSA) is 57.6 Å². The number of hydrogen-bond acceptors (Lipinski definition) is 3. The highest BCUT2D eigenvalue weighted by molar-refractivity contribution is 6.01. The van der Waals surface area contributed by atoms with Gasteiger partial charge in [0.1, 0.15) is 0 Å². The van der Waals surface area contributed by atoms with Crippen LogP contribution < -0.4 is 0 Å². The Hall–Kier alpha value is -1.68. The van der Waals surface area contributed by atoms with Crippen molar-refractivity contribution in [2.24, 2.45) is 0 Å². The second-order valence-electron chi connectivity index (χ2n) is 4.27. The molecule has 0 bridgehead atoms.